The van der Waals surface area contributed by atoms with E-state index in [0.29, 0.717) is 23.2 Å². The Morgan fingerprint density at radius 1 is 1.39 bits per heavy atom. The molecule has 0 amide bonds. The van der Waals surface area contributed by atoms with E-state index in [4.69, 9.17) is 9.52 Å². The minimum Gasteiger partial charge on any atom is -0.478 e. The van der Waals surface area contributed by atoms with E-state index in [2.05, 4.69) is 22.5 Å². The molecule has 0 bridgehead atoms. The zero-order chi connectivity index (χ0) is 12.5. The molecule has 0 saturated heterocycles. The Labute approximate surface area is 103 Å². The Balaban J connectivity index is 1.88. The van der Waals surface area contributed by atoms with Crippen LogP contribution in [0.5, 0.6) is 0 Å². The van der Waals surface area contributed by atoms with Crippen molar-refractivity contribution in [3.05, 3.63) is 35.9 Å². The molecule has 0 spiro atoms. The fraction of sp³-hybridized carbons (Fsp3) is 0.231. The maximum atomic E-state index is 10.8. The van der Waals surface area contributed by atoms with Gasteiger partial charge in [0.25, 0.3) is 6.01 Å². The van der Waals surface area contributed by atoms with Crippen LogP contribution in [-0.2, 0) is 0 Å². The van der Waals surface area contributed by atoms with Crippen LogP contribution < -0.4 is 5.32 Å². The molecule has 1 aliphatic rings. The van der Waals surface area contributed by atoms with E-state index in [-0.39, 0.29) is 5.56 Å². The summed E-state index contributed by atoms with van der Waals surface area (Å²) in [4.78, 5) is 15.1. The highest BCUT2D eigenvalue weighted by molar-refractivity contribution is 5.92. The Kier molecular flexibility index (Phi) is 2.51. The summed E-state index contributed by atoms with van der Waals surface area (Å²) in [6, 6.07) is 5.43. The molecule has 0 fully saturated rings. The van der Waals surface area contributed by atoms with E-state index in [1.165, 1.54) is 12.1 Å². The third-order valence-electron chi connectivity index (χ3n) is 2.97. The lowest BCUT2D eigenvalue weighted by Crippen LogP contribution is -2.14. The van der Waals surface area contributed by atoms with Crippen molar-refractivity contribution in [2.75, 3.05) is 5.32 Å². The largest absolute Gasteiger partial charge is 0.478 e. The highest BCUT2D eigenvalue weighted by Gasteiger charge is 2.14. The molecule has 2 aromatic rings. The van der Waals surface area contributed by atoms with Gasteiger partial charge in [-0.25, -0.2) is 4.79 Å². The predicted octanol–water partition coefficient (Wildman–Crippen LogP) is 2.66. The molecule has 92 valence electrons. The van der Waals surface area contributed by atoms with Crippen molar-refractivity contribution in [3.63, 3.8) is 0 Å². The topological polar surface area (TPSA) is 75.4 Å². The molecule has 0 aliphatic heterocycles. The zero-order valence-corrected chi connectivity index (χ0v) is 9.59. The normalized spacial score (nSPS) is 15.3. The summed E-state index contributed by atoms with van der Waals surface area (Å²) in [5.41, 5.74) is 1.35. The van der Waals surface area contributed by atoms with E-state index in [9.17, 15) is 4.79 Å². The summed E-state index contributed by atoms with van der Waals surface area (Å²) >= 11 is 0. The maximum absolute atomic E-state index is 10.8. The minimum absolute atomic E-state index is 0.202. The zero-order valence-electron chi connectivity index (χ0n) is 9.59. The molecule has 0 radical (unpaired) electrons. The van der Waals surface area contributed by atoms with Crippen LogP contribution in [0.2, 0.25) is 0 Å². The molecule has 0 unspecified atom stereocenters. The minimum atomic E-state index is -0.970. The Bertz CT molecular complexity index is 622. The van der Waals surface area contributed by atoms with Gasteiger partial charge in [-0.2, -0.15) is 4.98 Å². The third kappa shape index (κ3) is 1.95. The van der Waals surface area contributed by atoms with Gasteiger partial charge in [-0.3, -0.25) is 0 Å². The standard InChI is InChI=1S/C13H12N2O3/c16-12(17)8-5-6-10-11(7-8)18-13(15-10)14-9-3-1-2-4-9/h1-2,5-7,9H,3-4H2,(H,14,15)(H,16,17). The number of aromatic nitrogens is 1. The van der Waals surface area contributed by atoms with Crippen molar-refractivity contribution in [1.29, 1.82) is 0 Å². The van der Waals surface area contributed by atoms with Gasteiger partial charge in [0.1, 0.15) is 5.52 Å². The monoisotopic (exact) mass is 244 g/mol. The predicted molar refractivity (Wildman–Crippen MR) is 66.8 cm³/mol. The van der Waals surface area contributed by atoms with Gasteiger partial charge in [-0.15, -0.1) is 0 Å². The van der Waals surface area contributed by atoms with E-state index in [1.54, 1.807) is 6.07 Å². The van der Waals surface area contributed by atoms with Crippen molar-refractivity contribution < 1.29 is 14.3 Å². The van der Waals surface area contributed by atoms with Crippen LogP contribution in [0.1, 0.15) is 23.2 Å². The van der Waals surface area contributed by atoms with Crippen LogP contribution in [0, 0.1) is 0 Å². The van der Waals surface area contributed by atoms with E-state index >= 15 is 0 Å². The first-order valence-electron chi connectivity index (χ1n) is 5.78. The number of benzene rings is 1. The molecule has 2 N–H and O–H groups in total. The van der Waals surface area contributed by atoms with Crippen molar-refractivity contribution in [3.8, 4) is 0 Å². The van der Waals surface area contributed by atoms with Gasteiger partial charge >= 0.3 is 5.97 Å². The molecule has 0 saturated carbocycles. The maximum Gasteiger partial charge on any atom is 0.335 e. The van der Waals surface area contributed by atoms with Crippen LogP contribution in [0.4, 0.5) is 6.01 Å². The highest BCUT2D eigenvalue weighted by atomic mass is 16.4. The first kappa shape index (κ1) is 10.8. The summed E-state index contributed by atoms with van der Waals surface area (Å²) in [5.74, 6) is -0.970. The summed E-state index contributed by atoms with van der Waals surface area (Å²) in [5, 5.41) is 12.1. The van der Waals surface area contributed by atoms with E-state index in [0.717, 1.165) is 12.8 Å². The quantitative estimate of drug-likeness (QED) is 0.812. The Hall–Kier alpha value is -2.30. The van der Waals surface area contributed by atoms with Crippen molar-refractivity contribution in [2.24, 2.45) is 0 Å². The van der Waals surface area contributed by atoms with Crippen LogP contribution >= 0.6 is 0 Å². The van der Waals surface area contributed by atoms with Gasteiger partial charge in [0.05, 0.1) is 5.56 Å². The number of nitrogens with zero attached hydrogens (tertiary/aromatic N) is 1. The second kappa shape index (κ2) is 4.18. The number of nitrogens with one attached hydrogen (secondary N) is 1. The lowest BCUT2D eigenvalue weighted by atomic mass is 10.2. The van der Waals surface area contributed by atoms with Gasteiger partial charge < -0.3 is 14.8 Å². The van der Waals surface area contributed by atoms with Crippen molar-refractivity contribution in [1.82, 2.24) is 4.98 Å². The molecular formula is C13H12N2O3. The van der Waals surface area contributed by atoms with Crippen LogP contribution in [0.3, 0.4) is 0 Å². The second-order valence-corrected chi connectivity index (χ2v) is 4.29. The molecule has 3 rings (SSSR count). The summed E-state index contributed by atoms with van der Waals surface area (Å²) < 4.78 is 5.51. The third-order valence-corrected chi connectivity index (χ3v) is 2.97. The highest BCUT2D eigenvalue weighted by Crippen LogP contribution is 2.22. The summed E-state index contributed by atoms with van der Waals surface area (Å²) in [7, 11) is 0. The number of anilines is 1. The molecule has 1 aliphatic carbocycles. The van der Waals surface area contributed by atoms with Crippen molar-refractivity contribution in [2.45, 2.75) is 18.9 Å². The number of hydrogen-bond donors (Lipinski definition) is 2. The molecule has 5 heteroatoms. The lowest BCUT2D eigenvalue weighted by Gasteiger charge is -2.08. The number of hydrogen-bond acceptors (Lipinski definition) is 4. The molecule has 18 heavy (non-hydrogen) atoms. The number of carboxylic acid groups (broad SMARTS) is 1. The Morgan fingerprint density at radius 3 is 2.89 bits per heavy atom. The fourth-order valence-corrected chi connectivity index (χ4v) is 2.03. The summed E-state index contributed by atoms with van der Waals surface area (Å²) in [6.07, 6.45) is 6.14. The van der Waals surface area contributed by atoms with Crippen LogP contribution in [0.15, 0.2) is 34.8 Å². The number of carboxylic acids is 1. The Morgan fingerprint density at radius 2 is 2.17 bits per heavy atom. The second-order valence-electron chi connectivity index (χ2n) is 4.29. The number of aromatic carboxylic acids is 1. The van der Waals surface area contributed by atoms with Crippen LogP contribution in [-0.4, -0.2) is 22.1 Å². The number of oxazole rings is 1. The van der Waals surface area contributed by atoms with Gasteiger partial charge in [0.2, 0.25) is 0 Å². The number of fused-ring (bicyclic) bond motifs is 1. The molecule has 1 heterocycles. The number of carbonyl (C=O) groups is 1. The molecule has 1 aromatic heterocycles. The number of rotatable bonds is 3. The molecule has 0 atom stereocenters. The fourth-order valence-electron chi connectivity index (χ4n) is 2.03. The lowest BCUT2D eigenvalue weighted by molar-refractivity contribution is 0.0697. The van der Waals surface area contributed by atoms with Gasteiger partial charge in [-0.05, 0) is 31.0 Å². The first-order valence-corrected chi connectivity index (χ1v) is 5.78. The smallest absolute Gasteiger partial charge is 0.335 e. The van der Waals surface area contributed by atoms with Crippen molar-refractivity contribution >= 4 is 23.1 Å². The first-order chi connectivity index (χ1) is 8.72. The van der Waals surface area contributed by atoms with E-state index < -0.39 is 5.97 Å². The van der Waals surface area contributed by atoms with Gasteiger partial charge in [-0.1, -0.05) is 12.2 Å². The molecular weight excluding hydrogens is 232 g/mol. The van der Waals surface area contributed by atoms with Gasteiger partial charge in [0.15, 0.2) is 5.58 Å². The van der Waals surface area contributed by atoms with Crippen LogP contribution in [0.25, 0.3) is 11.1 Å². The molecule has 1 aromatic carbocycles. The average Bonchev–Trinajstić information content (AvgIpc) is 2.96. The molecule has 5 nitrogen and oxygen atoms in total. The summed E-state index contributed by atoms with van der Waals surface area (Å²) in [6.45, 7) is 0. The van der Waals surface area contributed by atoms with Gasteiger partial charge in [0, 0.05) is 6.04 Å². The average molecular weight is 244 g/mol. The SMILES string of the molecule is O=C(O)c1ccc2nc(NC3CC=CC3)oc2c1. The van der Waals surface area contributed by atoms with E-state index in [1.807, 2.05) is 0 Å².